The minimum Gasteiger partial charge on any atom is -0.497 e. The Morgan fingerprint density at radius 1 is 0.724 bits per heavy atom. The molecule has 0 unspecified atom stereocenters. The van der Waals surface area contributed by atoms with Crippen LogP contribution in [0, 0.1) is 23.7 Å². The van der Waals surface area contributed by atoms with Gasteiger partial charge in [-0.25, -0.2) is 0 Å². The first kappa shape index (κ1) is 49.5. The summed E-state index contributed by atoms with van der Waals surface area (Å²) in [7, 11) is 0.0859. The molecular weight excluding hydrogens is 757 g/mol. The lowest BCUT2D eigenvalue weighted by molar-refractivity contribution is -0.122. The van der Waals surface area contributed by atoms with Gasteiger partial charge < -0.3 is 27.8 Å². The molecule has 7 atom stereocenters. The normalized spacial score (nSPS) is 16.7. The third-order valence-electron chi connectivity index (χ3n) is 12.5. The summed E-state index contributed by atoms with van der Waals surface area (Å²) in [6.07, 6.45) is 3.72. The van der Waals surface area contributed by atoms with Gasteiger partial charge in [0.2, 0.25) is 0 Å². The van der Waals surface area contributed by atoms with Gasteiger partial charge in [-0.05, 0) is 63.7 Å². The maximum Gasteiger partial charge on any atom is 0.261 e. The van der Waals surface area contributed by atoms with Crippen molar-refractivity contribution in [3.63, 3.8) is 0 Å². The zero-order valence-electron chi connectivity index (χ0n) is 38.5. The summed E-state index contributed by atoms with van der Waals surface area (Å²) in [5.41, 5.74) is 1.07. The lowest BCUT2D eigenvalue weighted by Gasteiger charge is -2.47. The molecule has 7 nitrogen and oxygen atoms in total. The van der Waals surface area contributed by atoms with Gasteiger partial charge in [0, 0.05) is 51.1 Å². The van der Waals surface area contributed by atoms with Gasteiger partial charge in [-0.15, -0.1) is 0 Å². The summed E-state index contributed by atoms with van der Waals surface area (Å²) in [4.78, 5) is 13.6. The summed E-state index contributed by atoms with van der Waals surface area (Å²) in [5.74, 6) is 0.506. The van der Waals surface area contributed by atoms with Crippen molar-refractivity contribution in [1.29, 1.82) is 0 Å². The summed E-state index contributed by atoms with van der Waals surface area (Å²) < 4.78 is 38.2. The molecule has 3 rings (SSSR count). The van der Waals surface area contributed by atoms with E-state index in [9.17, 15) is 4.79 Å². The van der Waals surface area contributed by atoms with E-state index in [1.54, 1.807) is 27.4 Å². The molecule has 0 aliphatic rings. The summed E-state index contributed by atoms with van der Waals surface area (Å²) in [6, 6.07) is 29.5. The Labute approximate surface area is 354 Å². The fourth-order valence-electron chi connectivity index (χ4n) is 7.84. The highest BCUT2D eigenvalue weighted by molar-refractivity contribution is 6.99. The molecule has 0 bridgehead atoms. The first-order valence-electron chi connectivity index (χ1n) is 21.1. The van der Waals surface area contributed by atoms with E-state index in [0.717, 1.165) is 11.3 Å². The average Bonchev–Trinajstić information content (AvgIpc) is 3.19. The summed E-state index contributed by atoms with van der Waals surface area (Å²) in [5, 5.41) is 2.40. The van der Waals surface area contributed by atoms with E-state index in [-0.39, 0.29) is 57.8 Å². The van der Waals surface area contributed by atoms with Crippen LogP contribution in [0.1, 0.15) is 81.2 Å². The Morgan fingerprint density at radius 2 is 1.28 bits per heavy atom. The molecule has 0 saturated carbocycles. The third-order valence-corrected chi connectivity index (χ3v) is 21.9. The van der Waals surface area contributed by atoms with Crippen LogP contribution in [0.15, 0.2) is 97.1 Å². The van der Waals surface area contributed by atoms with Crippen molar-refractivity contribution in [2.75, 3.05) is 34.5 Å². The largest absolute Gasteiger partial charge is 0.497 e. The topological polar surface area (TPSA) is 72.5 Å². The van der Waals surface area contributed by atoms with Gasteiger partial charge in [-0.2, -0.15) is 0 Å². The molecule has 0 amide bonds. The van der Waals surface area contributed by atoms with Crippen molar-refractivity contribution in [1.82, 2.24) is 0 Å². The van der Waals surface area contributed by atoms with Crippen LogP contribution in [0.5, 0.6) is 5.75 Å². The number of carbonyl (C=O) groups is 1. The van der Waals surface area contributed by atoms with Gasteiger partial charge in [0.25, 0.3) is 8.32 Å². The van der Waals surface area contributed by atoms with E-state index in [1.807, 2.05) is 37.3 Å². The molecule has 0 fully saturated rings. The molecule has 0 radical (unpaired) electrons. The maximum atomic E-state index is 13.6. The molecule has 9 heteroatoms. The second kappa shape index (κ2) is 22.1. The van der Waals surface area contributed by atoms with Crippen molar-refractivity contribution in [2.45, 2.75) is 124 Å². The highest BCUT2D eigenvalue weighted by Gasteiger charge is 2.51. The Hall–Kier alpha value is -2.90. The van der Waals surface area contributed by atoms with Gasteiger partial charge in [0.05, 0.1) is 32.0 Å². The van der Waals surface area contributed by atoms with Crippen molar-refractivity contribution < 1.29 is 32.6 Å². The number of ether oxygens (including phenoxy) is 4. The van der Waals surface area contributed by atoms with Crippen LogP contribution in [-0.2, 0) is 34.5 Å². The van der Waals surface area contributed by atoms with Crippen LogP contribution in [-0.4, -0.2) is 75.3 Å². The molecule has 0 spiro atoms. The number of carbonyl (C=O) groups excluding carboxylic acids is 1. The van der Waals surface area contributed by atoms with Crippen LogP contribution >= 0.6 is 0 Å². The highest BCUT2D eigenvalue weighted by atomic mass is 28.4. The molecule has 3 aromatic rings. The van der Waals surface area contributed by atoms with Gasteiger partial charge in [0.1, 0.15) is 5.75 Å². The molecular formula is C49H76O7Si2. The van der Waals surface area contributed by atoms with E-state index in [0.29, 0.717) is 26.2 Å². The number of hydrogen-bond donors (Lipinski definition) is 0. The molecule has 0 N–H and O–H groups in total. The van der Waals surface area contributed by atoms with Crippen LogP contribution < -0.4 is 15.1 Å². The van der Waals surface area contributed by atoms with Crippen LogP contribution in [0.2, 0.25) is 23.2 Å². The van der Waals surface area contributed by atoms with E-state index in [4.69, 9.17) is 27.8 Å². The Bertz CT molecular complexity index is 1630. The molecule has 0 heterocycles. The monoisotopic (exact) mass is 833 g/mol. The highest BCUT2D eigenvalue weighted by Crippen LogP contribution is 2.42. The van der Waals surface area contributed by atoms with Crippen molar-refractivity contribution in [2.24, 2.45) is 23.7 Å². The van der Waals surface area contributed by atoms with Crippen LogP contribution in [0.3, 0.4) is 0 Å². The zero-order chi connectivity index (χ0) is 43.3. The lowest BCUT2D eigenvalue weighted by Crippen LogP contribution is -2.67. The molecule has 0 aliphatic carbocycles. The predicted octanol–water partition coefficient (Wildman–Crippen LogP) is 10.3. The quantitative estimate of drug-likeness (QED) is 0.0535. The van der Waals surface area contributed by atoms with E-state index in [2.05, 4.69) is 136 Å². The lowest BCUT2D eigenvalue weighted by atomic mass is 9.84. The number of methoxy groups -OCH3 is 3. The molecule has 0 aliphatic heterocycles. The molecule has 3 aromatic carbocycles. The summed E-state index contributed by atoms with van der Waals surface area (Å²) in [6.45, 7) is 28.6. The van der Waals surface area contributed by atoms with Gasteiger partial charge in [0.15, 0.2) is 14.1 Å². The van der Waals surface area contributed by atoms with E-state index in [1.165, 1.54) is 10.4 Å². The number of benzene rings is 3. The maximum absolute atomic E-state index is 13.6. The number of rotatable bonds is 23. The minimum absolute atomic E-state index is 0.00127. The first-order chi connectivity index (χ1) is 27.2. The molecule has 322 valence electrons. The predicted molar refractivity (Wildman–Crippen MR) is 245 cm³/mol. The molecule has 0 aromatic heterocycles. The second-order valence-corrected chi connectivity index (χ2v) is 27.8. The number of hydrogen-bond acceptors (Lipinski definition) is 7. The Balaban J connectivity index is 1.82. The fraction of sp³-hybridized carbons (Fsp3) is 0.571. The Morgan fingerprint density at radius 3 is 1.74 bits per heavy atom. The molecule has 0 saturated heterocycles. The van der Waals surface area contributed by atoms with E-state index < -0.39 is 16.6 Å². The third kappa shape index (κ3) is 12.8. The minimum atomic E-state index is -2.77. The fourth-order valence-corrected chi connectivity index (χ4v) is 14.0. The Kier molecular flexibility index (Phi) is 18.8. The van der Waals surface area contributed by atoms with Crippen LogP contribution in [0.25, 0.3) is 0 Å². The average molecular weight is 833 g/mol. The van der Waals surface area contributed by atoms with Gasteiger partial charge in [-0.3, -0.25) is 4.79 Å². The smallest absolute Gasteiger partial charge is 0.261 e. The second-order valence-electron chi connectivity index (χ2n) is 18.7. The SMILES string of the molecule is COc1ccc(COCC[C@H](OC)[C@H](C)C(=O)/C=C/[C@H](C)[C@H](OC)[C@H](C)[C@@H](O[Si](C)(C)C(C)(C)C)[C@@H](C)CO[Si](c2ccccc2)(c2ccccc2)C(C)(C)C)cc1. The zero-order valence-corrected chi connectivity index (χ0v) is 40.5. The van der Waals surface area contributed by atoms with E-state index >= 15 is 0 Å². The van der Waals surface area contributed by atoms with Gasteiger partial charge in [-0.1, -0.05) is 148 Å². The number of ketones is 1. The van der Waals surface area contributed by atoms with Gasteiger partial charge >= 0.3 is 0 Å². The van der Waals surface area contributed by atoms with Crippen molar-refractivity contribution >= 4 is 32.8 Å². The van der Waals surface area contributed by atoms with Crippen LogP contribution in [0.4, 0.5) is 0 Å². The van der Waals surface area contributed by atoms with Crippen molar-refractivity contribution in [3.8, 4) is 5.75 Å². The molecule has 58 heavy (non-hydrogen) atoms. The standard InChI is InChI=1S/C49H76O7Si2/c1-36(26-31-44(50)38(3)45(52-12)32-33-54-35-40-27-29-41(51-11)30-28-40)46(53-13)39(4)47(56-57(14,15)48(5,6)7)37(2)34-55-58(49(8,9)10,42-22-18-16-19-23-42)43-24-20-17-21-25-43/h16-31,36-39,45-47H,32-35H2,1-15H3/b31-26+/t36-,37-,38+,39-,45-,46-,47-/m0/s1. The van der Waals surface area contributed by atoms with Crippen molar-refractivity contribution in [3.05, 3.63) is 103 Å². The summed E-state index contributed by atoms with van der Waals surface area (Å²) >= 11 is 0. The number of allylic oxidation sites excluding steroid dienone is 1. The first-order valence-corrected chi connectivity index (χ1v) is 26.0.